The first kappa shape index (κ1) is 28.3. The minimum absolute atomic E-state index is 0.0964. The number of likely N-dealkylation sites (tertiary alicyclic amines) is 1. The van der Waals surface area contributed by atoms with Gasteiger partial charge >= 0.3 is 0 Å². The van der Waals surface area contributed by atoms with Crippen LogP contribution in [-0.4, -0.2) is 79.5 Å². The summed E-state index contributed by atoms with van der Waals surface area (Å²) >= 11 is 1.39. The summed E-state index contributed by atoms with van der Waals surface area (Å²) in [5.74, 6) is 0.472. The molecule has 3 amide bonds. The molecule has 4 unspecified atom stereocenters. The maximum Gasteiger partial charge on any atom is 0.264 e. The van der Waals surface area contributed by atoms with Crippen LogP contribution in [0.3, 0.4) is 0 Å². The molecule has 0 spiro atoms. The molecule has 1 aromatic carbocycles. The van der Waals surface area contributed by atoms with Gasteiger partial charge in [0, 0.05) is 32.3 Å². The highest BCUT2D eigenvalue weighted by atomic mass is 32.1. The normalized spacial score (nSPS) is 23.3. The number of carbonyl (C=O) groups is 3. The number of hydrogen-bond acceptors (Lipinski definition) is 6. The summed E-state index contributed by atoms with van der Waals surface area (Å²) in [6.45, 7) is 4.31. The molecule has 8 nitrogen and oxygen atoms in total. The fraction of sp³-hybridized carbons (Fsp3) is 0.552. The lowest BCUT2D eigenvalue weighted by atomic mass is 9.81. The number of aryl methyl sites for hydroxylation is 1. The largest absolute Gasteiger partial charge is 0.383 e. The summed E-state index contributed by atoms with van der Waals surface area (Å²) in [5, 5.41) is 5.02. The first-order chi connectivity index (χ1) is 18.4. The summed E-state index contributed by atoms with van der Waals surface area (Å²) in [6, 6.07) is 10.1. The lowest BCUT2D eigenvalue weighted by Crippen LogP contribution is -2.47. The molecule has 38 heavy (non-hydrogen) atoms. The van der Waals surface area contributed by atoms with Gasteiger partial charge in [0.15, 0.2) is 0 Å². The molecule has 0 radical (unpaired) electrons. The van der Waals surface area contributed by atoms with Gasteiger partial charge in [0.05, 0.1) is 17.5 Å². The predicted molar refractivity (Wildman–Crippen MR) is 149 cm³/mol. The molecule has 4 rings (SSSR count). The number of thiophene rings is 1. The Bertz CT molecular complexity index is 1070. The summed E-state index contributed by atoms with van der Waals surface area (Å²) in [5.41, 5.74) is 7.51. The van der Waals surface area contributed by atoms with Gasteiger partial charge < -0.3 is 25.6 Å². The van der Waals surface area contributed by atoms with E-state index in [2.05, 4.69) is 5.32 Å². The van der Waals surface area contributed by atoms with Crippen LogP contribution in [0.4, 0.5) is 0 Å². The second-order valence-electron chi connectivity index (χ2n) is 10.6. The van der Waals surface area contributed by atoms with E-state index < -0.39 is 6.04 Å². The average molecular weight is 541 g/mol. The van der Waals surface area contributed by atoms with Crippen molar-refractivity contribution in [2.75, 3.05) is 39.9 Å². The molecule has 2 aromatic rings. The van der Waals surface area contributed by atoms with Gasteiger partial charge in [0.2, 0.25) is 5.91 Å². The number of nitrogens with zero attached hydrogens (tertiary/aromatic N) is 2. The number of benzene rings is 1. The van der Waals surface area contributed by atoms with Crippen molar-refractivity contribution >= 4 is 29.1 Å². The van der Waals surface area contributed by atoms with Crippen LogP contribution < -0.4 is 11.1 Å². The Morgan fingerprint density at radius 2 is 1.89 bits per heavy atom. The molecule has 2 heterocycles. The Morgan fingerprint density at radius 3 is 2.58 bits per heavy atom. The third-order valence-corrected chi connectivity index (χ3v) is 8.76. The highest BCUT2D eigenvalue weighted by molar-refractivity contribution is 7.12. The van der Waals surface area contributed by atoms with Crippen LogP contribution in [0.25, 0.3) is 0 Å². The molecule has 1 aliphatic carbocycles. The maximum atomic E-state index is 13.6. The monoisotopic (exact) mass is 540 g/mol. The van der Waals surface area contributed by atoms with Crippen LogP contribution >= 0.6 is 11.3 Å². The standard InChI is InChI=1S/C29H40N4O4S/c1-20-8-10-23(11-9-20)28(35)33-19-24(32(12-13-37-2)29(36)26-7-4-14-38-26)16-25(33)27(34)31-18-22-6-3-5-21(15-22)17-30/h4,7-11,14,21-22,24-25H,3,5-6,12-13,15-19,30H2,1-2H3,(H,31,34). The molecule has 4 atom stereocenters. The Labute approximate surface area is 229 Å². The zero-order valence-corrected chi connectivity index (χ0v) is 23.3. The van der Waals surface area contributed by atoms with Gasteiger partial charge in [0.25, 0.3) is 11.8 Å². The van der Waals surface area contributed by atoms with Crippen molar-refractivity contribution in [3.05, 3.63) is 57.8 Å². The van der Waals surface area contributed by atoms with Crippen molar-refractivity contribution in [1.82, 2.24) is 15.1 Å². The van der Waals surface area contributed by atoms with E-state index in [0.717, 1.165) is 31.2 Å². The average Bonchev–Trinajstić information content (AvgIpc) is 3.63. The zero-order chi connectivity index (χ0) is 27.1. The van der Waals surface area contributed by atoms with Crippen LogP contribution in [0.5, 0.6) is 0 Å². The van der Waals surface area contributed by atoms with E-state index in [-0.39, 0.29) is 23.8 Å². The Balaban J connectivity index is 1.53. The molecule has 2 aliphatic rings. The number of rotatable bonds is 10. The van der Waals surface area contributed by atoms with E-state index in [1.165, 1.54) is 11.3 Å². The van der Waals surface area contributed by atoms with E-state index >= 15 is 0 Å². The van der Waals surface area contributed by atoms with Crippen LogP contribution in [0, 0.1) is 18.8 Å². The predicted octanol–water partition coefficient (Wildman–Crippen LogP) is 3.31. The Morgan fingerprint density at radius 1 is 1.13 bits per heavy atom. The third-order valence-electron chi connectivity index (χ3n) is 7.90. The molecule has 0 bridgehead atoms. The zero-order valence-electron chi connectivity index (χ0n) is 22.4. The SMILES string of the molecule is COCCN(C(=O)c1cccs1)C1CC(C(=O)NCC2CCCC(CN)C2)N(C(=O)c2ccc(C)cc2)C1. The number of ether oxygens (including phenoxy) is 1. The van der Waals surface area contributed by atoms with Crippen LogP contribution in [0.15, 0.2) is 41.8 Å². The van der Waals surface area contributed by atoms with Crippen LogP contribution in [-0.2, 0) is 9.53 Å². The molecule has 2 fully saturated rings. The molecule has 1 saturated carbocycles. The van der Waals surface area contributed by atoms with Gasteiger partial charge in [-0.25, -0.2) is 0 Å². The first-order valence-electron chi connectivity index (χ1n) is 13.6. The lowest BCUT2D eigenvalue weighted by Gasteiger charge is -2.29. The first-order valence-corrected chi connectivity index (χ1v) is 14.5. The van der Waals surface area contributed by atoms with Crippen molar-refractivity contribution in [3.8, 4) is 0 Å². The molecule has 206 valence electrons. The maximum absolute atomic E-state index is 13.6. The molecular formula is C29H40N4O4S. The Hall–Kier alpha value is -2.75. The topological polar surface area (TPSA) is 105 Å². The molecule has 1 saturated heterocycles. The van der Waals surface area contributed by atoms with E-state index in [4.69, 9.17) is 10.5 Å². The summed E-state index contributed by atoms with van der Waals surface area (Å²) in [6.07, 6.45) is 4.78. The van der Waals surface area contributed by atoms with E-state index in [0.29, 0.717) is 61.5 Å². The highest BCUT2D eigenvalue weighted by Gasteiger charge is 2.43. The number of nitrogens with two attached hydrogens (primary N) is 1. The van der Waals surface area contributed by atoms with Gasteiger partial charge in [-0.2, -0.15) is 0 Å². The quantitative estimate of drug-likeness (QED) is 0.481. The number of amides is 3. The molecular weight excluding hydrogens is 500 g/mol. The number of hydrogen-bond donors (Lipinski definition) is 2. The highest BCUT2D eigenvalue weighted by Crippen LogP contribution is 2.29. The van der Waals surface area contributed by atoms with E-state index in [1.54, 1.807) is 35.1 Å². The summed E-state index contributed by atoms with van der Waals surface area (Å²) in [4.78, 5) is 44.7. The fourth-order valence-electron chi connectivity index (χ4n) is 5.72. The van der Waals surface area contributed by atoms with Gasteiger partial charge in [-0.15, -0.1) is 11.3 Å². The minimum Gasteiger partial charge on any atom is -0.383 e. The molecule has 1 aliphatic heterocycles. The molecule has 3 N–H and O–H groups in total. The number of methoxy groups -OCH3 is 1. The lowest BCUT2D eigenvalue weighted by molar-refractivity contribution is -0.125. The van der Waals surface area contributed by atoms with Gasteiger partial charge in [-0.3, -0.25) is 14.4 Å². The van der Waals surface area contributed by atoms with Crippen LogP contribution in [0.2, 0.25) is 0 Å². The van der Waals surface area contributed by atoms with Crippen molar-refractivity contribution in [2.45, 2.75) is 51.1 Å². The summed E-state index contributed by atoms with van der Waals surface area (Å²) < 4.78 is 5.29. The van der Waals surface area contributed by atoms with Crippen molar-refractivity contribution in [2.24, 2.45) is 17.6 Å². The number of nitrogens with one attached hydrogen (secondary N) is 1. The van der Waals surface area contributed by atoms with Crippen molar-refractivity contribution in [3.63, 3.8) is 0 Å². The minimum atomic E-state index is -0.649. The van der Waals surface area contributed by atoms with E-state index in [1.807, 2.05) is 30.5 Å². The summed E-state index contributed by atoms with van der Waals surface area (Å²) in [7, 11) is 1.60. The fourth-order valence-corrected chi connectivity index (χ4v) is 6.40. The van der Waals surface area contributed by atoms with Gasteiger partial charge in [0.1, 0.15) is 6.04 Å². The smallest absolute Gasteiger partial charge is 0.264 e. The second kappa shape index (κ2) is 13.4. The van der Waals surface area contributed by atoms with Crippen LogP contribution in [0.1, 0.15) is 57.7 Å². The Kier molecular flexibility index (Phi) is 9.93. The van der Waals surface area contributed by atoms with Gasteiger partial charge in [-0.1, -0.05) is 30.2 Å². The number of carbonyl (C=O) groups excluding carboxylic acids is 3. The van der Waals surface area contributed by atoms with Crippen molar-refractivity contribution < 1.29 is 19.1 Å². The van der Waals surface area contributed by atoms with E-state index in [9.17, 15) is 14.4 Å². The molecule has 9 heteroatoms. The van der Waals surface area contributed by atoms with Gasteiger partial charge in [-0.05, 0) is 74.6 Å². The van der Waals surface area contributed by atoms with Crippen molar-refractivity contribution in [1.29, 1.82) is 0 Å². The third kappa shape index (κ3) is 6.81. The molecule has 1 aromatic heterocycles. The second-order valence-corrected chi connectivity index (χ2v) is 11.5.